The van der Waals surface area contributed by atoms with E-state index in [1.165, 1.54) is 0 Å². The van der Waals surface area contributed by atoms with E-state index in [0.717, 1.165) is 37.4 Å². The Hall–Kier alpha value is -2.15. The van der Waals surface area contributed by atoms with Gasteiger partial charge in [-0.05, 0) is 36.9 Å². The number of likely N-dealkylation sites (N-methyl/N-ethyl adjacent to an activating group) is 1. The zero-order valence-electron chi connectivity index (χ0n) is 14.3. The molecule has 134 valence electrons. The molecule has 0 spiro atoms. The van der Waals surface area contributed by atoms with Crippen molar-refractivity contribution in [2.45, 2.75) is 6.54 Å². The van der Waals surface area contributed by atoms with Crippen molar-refractivity contribution in [1.29, 1.82) is 0 Å². The third-order valence-electron chi connectivity index (χ3n) is 4.31. The first-order valence-electron chi connectivity index (χ1n) is 8.15. The summed E-state index contributed by atoms with van der Waals surface area (Å²) in [7, 11) is 2.13. The topological polar surface area (TPSA) is 74.5 Å². The molecule has 0 unspecified atom stereocenters. The van der Waals surface area contributed by atoms with E-state index in [4.69, 9.17) is 5.73 Å². The summed E-state index contributed by atoms with van der Waals surface area (Å²) in [6.07, 6.45) is 1.82. The Morgan fingerprint density at radius 1 is 1.12 bits per heavy atom. The Labute approximate surface area is 154 Å². The van der Waals surface area contributed by atoms with E-state index < -0.39 is 0 Å². The van der Waals surface area contributed by atoms with Crippen molar-refractivity contribution in [2.75, 3.05) is 43.4 Å². The summed E-state index contributed by atoms with van der Waals surface area (Å²) in [5.74, 6) is 0.388. The normalized spacial score (nSPS) is 14.7. The number of benzene rings is 1. The average molecular weight is 362 g/mol. The summed E-state index contributed by atoms with van der Waals surface area (Å²) in [6, 6.07) is 11.1. The van der Waals surface area contributed by atoms with Crippen molar-refractivity contribution in [3.05, 3.63) is 53.7 Å². The van der Waals surface area contributed by atoms with E-state index in [0.29, 0.717) is 17.9 Å². The largest absolute Gasteiger partial charge is 0.368 e. The van der Waals surface area contributed by atoms with Crippen LogP contribution in [0.1, 0.15) is 15.9 Å². The first kappa shape index (κ1) is 19.2. The van der Waals surface area contributed by atoms with Gasteiger partial charge in [-0.25, -0.2) is 4.98 Å². The smallest absolute Gasteiger partial charge is 0.256 e. The first-order chi connectivity index (χ1) is 11.7. The third-order valence-corrected chi connectivity index (χ3v) is 4.31. The zero-order chi connectivity index (χ0) is 16.9. The molecule has 2 aromatic rings. The average Bonchev–Trinajstić information content (AvgIpc) is 2.63. The molecule has 1 aliphatic rings. The first-order valence-corrected chi connectivity index (χ1v) is 8.15. The fourth-order valence-electron chi connectivity index (χ4n) is 2.69. The number of rotatable bonds is 4. The molecule has 1 aromatic carbocycles. The maximum absolute atomic E-state index is 12.2. The molecule has 2 heterocycles. The van der Waals surface area contributed by atoms with Gasteiger partial charge in [-0.15, -0.1) is 12.4 Å². The minimum absolute atomic E-state index is 0. The minimum atomic E-state index is -0.168. The molecule has 0 bridgehead atoms. The van der Waals surface area contributed by atoms with Crippen molar-refractivity contribution in [3.63, 3.8) is 0 Å². The van der Waals surface area contributed by atoms with Crippen LogP contribution in [-0.4, -0.2) is 49.0 Å². The SMILES string of the molecule is CN1CCN(c2ccc(NC(=O)c3ccc(CN)cc3)nc2)CC1.Cl. The maximum atomic E-state index is 12.2. The predicted molar refractivity (Wildman–Crippen MR) is 103 cm³/mol. The molecular weight excluding hydrogens is 338 g/mol. The molecule has 1 fully saturated rings. The molecule has 1 aromatic heterocycles. The second-order valence-corrected chi connectivity index (χ2v) is 6.05. The highest BCUT2D eigenvalue weighted by atomic mass is 35.5. The number of anilines is 2. The van der Waals surface area contributed by atoms with Gasteiger partial charge in [0.25, 0.3) is 5.91 Å². The van der Waals surface area contributed by atoms with Gasteiger partial charge in [0, 0.05) is 38.3 Å². The standard InChI is InChI=1S/C18H23N5O.ClH/c1-22-8-10-23(11-9-22)16-6-7-17(20-13-16)21-18(24)15-4-2-14(12-19)3-5-15;/h2-7,13H,8-12,19H2,1H3,(H,20,21,24);1H. The van der Waals surface area contributed by atoms with Gasteiger partial charge < -0.3 is 20.9 Å². The Bertz CT molecular complexity index is 682. The number of hydrogen-bond donors (Lipinski definition) is 2. The van der Waals surface area contributed by atoms with Crippen molar-refractivity contribution in [1.82, 2.24) is 9.88 Å². The molecule has 0 aliphatic carbocycles. The predicted octanol–water partition coefficient (Wildman–Crippen LogP) is 1.97. The van der Waals surface area contributed by atoms with E-state index in [1.807, 2.05) is 30.5 Å². The highest BCUT2D eigenvalue weighted by molar-refractivity contribution is 6.03. The number of nitrogens with zero attached hydrogens (tertiary/aromatic N) is 3. The van der Waals surface area contributed by atoms with Gasteiger partial charge in [0.05, 0.1) is 11.9 Å². The number of nitrogens with two attached hydrogens (primary N) is 1. The molecule has 1 saturated heterocycles. The van der Waals surface area contributed by atoms with Gasteiger partial charge in [-0.3, -0.25) is 4.79 Å². The molecule has 25 heavy (non-hydrogen) atoms. The molecule has 3 N–H and O–H groups in total. The van der Waals surface area contributed by atoms with E-state index in [9.17, 15) is 4.79 Å². The molecule has 0 saturated carbocycles. The molecule has 7 heteroatoms. The number of nitrogens with one attached hydrogen (secondary N) is 1. The van der Waals surface area contributed by atoms with Crippen LogP contribution in [-0.2, 0) is 6.54 Å². The molecule has 6 nitrogen and oxygen atoms in total. The fourth-order valence-corrected chi connectivity index (χ4v) is 2.69. The zero-order valence-corrected chi connectivity index (χ0v) is 15.1. The van der Waals surface area contributed by atoms with Crippen LogP contribution in [0.15, 0.2) is 42.6 Å². The number of carbonyl (C=O) groups is 1. The summed E-state index contributed by atoms with van der Waals surface area (Å²) in [4.78, 5) is 21.2. The summed E-state index contributed by atoms with van der Waals surface area (Å²) >= 11 is 0. The second-order valence-electron chi connectivity index (χ2n) is 6.05. The number of pyridine rings is 1. The van der Waals surface area contributed by atoms with Gasteiger partial charge in [0.2, 0.25) is 0 Å². The van der Waals surface area contributed by atoms with Crippen LogP contribution in [0.25, 0.3) is 0 Å². The summed E-state index contributed by atoms with van der Waals surface area (Å²) < 4.78 is 0. The van der Waals surface area contributed by atoms with E-state index in [1.54, 1.807) is 12.1 Å². The summed E-state index contributed by atoms with van der Waals surface area (Å²) in [5, 5.41) is 2.82. The quantitative estimate of drug-likeness (QED) is 0.870. The van der Waals surface area contributed by atoms with Gasteiger partial charge in [0.1, 0.15) is 5.82 Å². The lowest BCUT2D eigenvalue weighted by Gasteiger charge is -2.33. The lowest BCUT2D eigenvalue weighted by atomic mass is 10.1. The molecule has 1 aliphatic heterocycles. The van der Waals surface area contributed by atoms with E-state index in [-0.39, 0.29) is 18.3 Å². The van der Waals surface area contributed by atoms with Crippen LogP contribution in [0.3, 0.4) is 0 Å². The Morgan fingerprint density at radius 2 is 1.80 bits per heavy atom. The Balaban J connectivity index is 0.00000225. The van der Waals surface area contributed by atoms with Crippen LogP contribution in [0, 0.1) is 0 Å². The number of halogens is 1. The third kappa shape index (κ3) is 4.92. The van der Waals surface area contributed by atoms with Crippen molar-refractivity contribution < 1.29 is 4.79 Å². The monoisotopic (exact) mass is 361 g/mol. The van der Waals surface area contributed by atoms with Gasteiger partial charge in [-0.2, -0.15) is 0 Å². The van der Waals surface area contributed by atoms with Crippen LogP contribution in [0.5, 0.6) is 0 Å². The van der Waals surface area contributed by atoms with Gasteiger partial charge >= 0.3 is 0 Å². The molecule has 1 amide bonds. The fraction of sp³-hybridized carbons (Fsp3) is 0.333. The number of amides is 1. The molecule has 0 atom stereocenters. The van der Waals surface area contributed by atoms with Crippen molar-refractivity contribution in [2.24, 2.45) is 5.73 Å². The molecular formula is C18H24ClN5O. The Morgan fingerprint density at radius 3 is 2.36 bits per heavy atom. The molecule has 0 radical (unpaired) electrons. The minimum Gasteiger partial charge on any atom is -0.368 e. The van der Waals surface area contributed by atoms with Gasteiger partial charge in [0.15, 0.2) is 0 Å². The highest BCUT2D eigenvalue weighted by Crippen LogP contribution is 2.17. The van der Waals surface area contributed by atoms with Crippen LogP contribution < -0.4 is 16.0 Å². The number of hydrogen-bond acceptors (Lipinski definition) is 5. The van der Waals surface area contributed by atoms with Crippen LogP contribution >= 0.6 is 12.4 Å². The van der Waals surface area contributed by atoms with Gasteiger partial charge in [-0.1, -0.05) is 12.1 Å². The van der Waals surface area contributed by atoms with Crippen LogP contribution in [0.2, 0.25) is 0 Å². The highest BCUT2D eigenvalue weighted by Gasteiger charge is 2.14. The van der Waals surface area contributed by atoms with E-state index in [2.05, 4.69) is 27.1 Å². The summed E-state index contributed by atoms with van der Waals surface area (Å²) in [6.45, 7) is 4.57. The van der Waals surface area contributed by atoms with Crippen molar-refractivity contribution >= 4 is 29.8 Å². The maximum Gasteiger partial charge on any atom is 0.256 e. The lowest BCUT2D eigenvalue weighted by Crippen LogP contribution is -2.44. The summed E-state index contributed by atoms with van der Waals surface area (Å²) in [5.41, 5.74) is 8.25. The number of carbonyl (C=O) groups excluding carboxylic acids is 1. The second kappa shape index (κ2) is 8.80. The number of aromatic nitrogens is 1. The van der Waals surface area contributed by atoms with E-state index >= 15 is 0 Å². The molecule has 3 rings (SSSR count). The lowest BCUT2D eigenvalue weighted by molar-refractivity contribution is 0.102. The number of piperazine rings is 1. The van der Waals surface area contributed by atoms with Crippen LogP contribution in [0.4, 0.5) is 11.5 Å². The Kier molecular flexibility index (Phi) is 6.75. The van der Waals surface area contributed by atoms with Crippen molar-refractivity contribution in [3.8, 4) is 0 Å².